The smallest absolute Gasteiger partial charge is 0.225 e. The Labute approximate surface area is 573 Å². The fourth-order valence-corrected chi connectivity index (χ4v) is 24.5. The van der Waals surface area contributed by atoms with E-state index in [-0.39, 0.29) is 0 Å². The third-order valence-electron chi connectivity index (χ3n) is 27.2. The first-order valence-corrected chi connectivity index (χ1v) is 39.3. The molecule has 4 aromatic heterocycles. The van der Waals surface area contributed by atoms with Crippen LogP contribution in [0.15, 0.2) is 79.7 Å². The molecule has 13 heteroatoms. The van der Waals surface area contributed by atoms with E-state index >= 15 is 0 Å². The van der Waals surface area contributed by atoms with Crippen molar-refractivity contribution in [1.82, 2.24) is 46.2 Å². The standard InChI is InChI=1S/C22H32N2.C21H32N4O.C21H31N3.C18H27N3/c1-2-4-20(5-3-1)21-7-6-16(14-23-21)15-24-22-11-17-8-18(12-22)10-19(9-17)13-22;1-4-26-15(2)14-25(3)20-22-11-19(12-23-20)13-24-21-8-16-5-17(9-21)7-18(6-16)10-21;1-2-6-24(7-3-1)20-5-4-16(14-22-20)15-23-21-11-17-8-18(12-21)10-19(9-17)13-21;1-21(2)17-4-3-13(11-19-17)12-20-18-8-14-5-15(9-18)7-16(6-14)10-18/h6-7,14,17-20,24H,1-5,8-13,15H2;11-12,16-18,24H,2,4-10,13-14H2,1,3H3;4-5,14,17-19,23H,1-3,6-13,15H2;3-4,11,14-16,20H,5-10,12H2,1-2H3. The largest absolute Gasteiger partial charge is 0.497 e. The van der Waals surface area contributed by atoms with E-state index in [2.05, 4.69) is 101 Å². The molecule has 0 amide bonds. The molecule has 22 rings (SSSR count). The van der Waals surface area contributed by atoms with Crippen molar-refractivity contribution in [3.63, 3.8) is 0 Å². The Kier molecular flexibility index (Phi) is 20.1. The molecular formula is C82H122N12O. The van der Waals surface area contributed by atoms with Gasteiger partial charge in [-0.2, -0.15) is 0 Å². The average Bonchev–Trinajstić information content (AvgIpc) is 0.777. The fraction of sp³-hybridized carbons (Fsp3) is 0.744. The third-order valence-corrected chi connectivity index (χ3v) is 27.2. The molecule has 17 aliphatic carbocycles. The number of nitrogens with one attached hydrogen (secondary N) is 4. The van der Waals surface area contributed by atoms with Crippen LogP contribution in [0.4, 0.5) is 17.6 Å². The Morgan fingerprint density at radius 1 is 0.442 bits per heavy atom. The summed E-state index contributed by atoms with van der Waals surface area (Å²) < 4.78 is 5.41. The summed E-state index contributed by atoms with van der Waals surface area (Å²) >= 11 is 0. The molecule has 18 fully saturated rings. The molecule has 0 unspecified atom stereocenters. The van der Waals surface area contributed by atoms with Crippen LogP contribution >= 0.6 is 0 Å². The van der Waals surface area contributed by atoms with E-state index in [1.807, 2.05) is 51.6 Å². The second-order valence-electron chi connectivity index (χ2n) is 35.3. The van der Waals surface area contributed by atoms with Gasteiger partial charge in [0.1, 0.15) is 17.4 Å². The number of anilines is 3. The lowest BCUT2D eigenvalue weighted by Crippen LogP contribution is -2.58. The molecule has 5 heterocycles. The minimum atomic E-state index is 0.388. The summed E-state index contributed by atoms with van der Waals surface area (Å²) in [7, 11) is 6.04. The molecular weight excluding hydrogens is 1170 g/mol. The first-order valence-electron chi connectivity index (χ1n) is 39.3. The molecule has 0 atom stereocenters. The second kappa shape index (κ2) is 28.9. The minimum Gasteiger partial charge on any atom is -0.497 e. The van der Waals surface area contributed by atoms with Gasteiger partial charge in [0.25, 0.3) is 0 Å². The van der Waals surface area contributed by atoms with E-state index in [1.54, 1.807) is 0 Å². The number of likely N-dealkylation sites (N-methyl/N-ethyl adjacent to an activating group) is 1. The van der Waals surface area contributed by atoms with E-state index in [9.17, 15) is 0 Å². The molecule has 1 saturated heterocycles. The maximum atomic E-state index is 5.41. The molecule has 1 aliphatic heterocycles. The minimum absolute atomic E-state index is 0.388. The van der Waals surface area contributed by atoms with Crippen LogP contribution in [0.5, 0.6) is 0 Å². The third kappa shape index (κ3) is 16.0. The summed E-state index contributed by atoms with van der Waals surface area (Å²) in [5.41, 5.74) is 8.33. The highest BCUT2D eigenvalue weighted by Crippen LogP contribution is 2.59. The molecule has 0 aromatic carbocycles. The molecule has 0 spiro atoms. The summed E-state index contributed by atoms with van der Waals surface area (Å²) in [5.74, 6) is 16.5. The monoisotopic (exact) mass is 1290 g/mol. The first kappa shape index (κ1) is 66.2. The van der Waals surface area contributed by atoms with Gasteiger partial charge in [-0.15, -0.1) is 0 Å². The molecule has 16 bridgehead atoms. The van der Waals surface area contributed by atoms with Crippen LogP contribution in [0.2, 0.25) is 0 Å². The van der Waals surface area contributed by atoms with Gasteiger partial charge < -0.3 is 40.7 Å². The topological polar surface area (TPSA) is 132 Å². The highest BCUT2D eigenvalue weighted by atomic mass is 16.5. The van der Waals surface area contributed by atoms with Crippen LogP contribution < -0.4 is 36.0 Å². The maximum Gasteiger partial charge on any atom is 0.225 e. The normalized spacial score (nSPS) is 36.2. The van der Waals surface area contributed by atoms with Crippen LogP contribution in [0.25, 0.3) is 0 Å². The highest BCUT2D eigenvalue weighted by molar-refractivity contribution is 5.40. The SMILES string of the molecule is C=C(CN(C)c1ncc(CNC23CC4CC(CC(C4)C2)C3)cn1)OCC.CN(C)c1ccc(CNC23CC4CC(CC(C4)C2)C3)cn1.c1cc(C2CCCCC2)ncc1CNC12CC3CC(CC(C3)C1)C2.c1cc(N2CCCCC2)ncc1CNC12CC3CC(CC(C3)C1)C2. The van der Waals surface area contributed by atoms with Gasteiger partial charge in [-0.1, -0.05) is 44.0 Å². The lowest BCUT2D eigenvalue weighted by molar-refractivity contribution is -0.0207. The Bertz CT molecular complexity index is 2890. The number of aromatic nitrogens is 5. The number of nitrogens with zero attached hydrogens (tertiary/aromatic N) is 8. The van der Waals surface area contributed by atoms with Crippen molar-refractivity contribution in [2.45, 2.75) is 267 Å². The van der Waals surface area contributed by atoms with Crippen molar-refractivity contribution in [2.24, 2.45) is 71.0 Å². The van der Waals surface area contributed by atoms with Gasteiger partial charge in [-0.3, -0.25) is 4.98 Å². The fourth-order valence-electron chi connectivity index (χ4n) is 24.5. The molecule has 4 aromatic rings. The van der Waals surface area contributed by atoms with Crippen LogP contribution in [0.1, 0.15) is 246 Å². The summed E-state index contributed by atoms with van der Waals surface area (Å²) in [6.45, 7) is 13.4. The second-order valence-corrected chi connectivity index (χ2v) is 35.3. The van der Waals surface area contributed by atoms with E-state index in [0.29, 0.717) is 41.3 Å². The lowest BCUT2D eigenvalue weighted by Gasteiger charge is -2.57. The number of piperidine rings is 1. The molecule has 0 radical (unpaired) electrons. The van der Waals surface area contributed by atoms with Crippen molar-refractivity contribution in [3.05, 3.63) is 108 Å². The highest BCUT2D eigenvalue weighted by Gasteiger charge is 2.54. The van der Waals surface area contributed by atoms with Crippen LogP contribution in [-0.4, -0.2) is 94.5 Å². The van der Waals surface area contributed by atoms with Gasteiger partial charge in [0.05, 0.1) is 13.2 Å². The molecule has 18 aliphatic rings. The number of rotatable bonds is 20. The Morgan fingerprint density at radius 2 is 0.800 bits per heavy atom. The van der Waals surface area contributed by atoms with E-state index in [4.69, 9.17) is 14.7 Å². The Hall–Kier alpha value is -4.69. The zero-order valence-corrected chi connectivity index (χ0v) is 59.3. The van der Waals surface area contributed by atoms with Crippen molar-refractivity contribution in [2.75, 3.05) is 62.1 Å². The summed E-state index contributed by atoms with van der Waals surface area (Å²) in [6, 6.07) is 13.5. The predicted octanol–water partition coefficient (Wildman–Crippen LogP) is 16.0. The first-order chi connectivity index (χ1) is 46.2. The molecule has 516 valence electrons. The molecule has 17 saturated carbocycles. The lowest BCUT2D eigenvalue weighted by atomic mass is 9.53. The summed E-state index contributed by atoms with van der Waals surface area (Å²) in [5, 5.41) is 15.8. The van der Waals surface area contributed by atoms with Gasteiger partial charge in [0.15, 0.2) is 0 Å². The van der Waals surface area contributed by atoms with Crippen molar-refractivity contribution >= 4 is 17.6 Å². The molecule has 95 heavy (non-hydrogen) atoms. The van der Waals surface area contributed by atoms with Gasteiger partial charge in [-0.25, -0.2) is 19.9 Å². The Balaban J connectivity index is 0.000000104. The van der Waals surface area contributed by atoms with Crippen LogP contribution in [0.3, 0.4) is 0 Å². The number of hydrogen-bond donors (Lipinski definition) is 4. The maximum absolute atomic E-state index is 5.41. The van der Waals surface area contributed by atoms with Gasteiger partial charge in [0, 0.05) is 131 Å². The van der Waals surface area contributed by atoms with Gasteiger partial charge in [-0.05, 0) is 299 Å². The van der Waals surface area contributed by atoms with E-state index < -0.39 is 0 Å². The summed E-state index contributed by atoms with van der Waals surface area (Å²) in [6.07, 6.45) is 56.2. The quantitative estimate of drug-likeness (QED) is 0.0627. The van der Waals surface area contributed by atoms with Crippen LogP contribution in [0, 0.1) is 71.0 Å². The van der Waals surface area contributed by atoms with E-state index in [1.165, 1.54) is 252 Å². The van der Waals surface area contributed by atoms with E-state index in [0.717, 1.165) is 115 Å². The van der Waals surface area contributed by atoms with Gasteiger partial charge >= 0.3 is 0 Å². The Morgan fingerprint density at radius 3 is 1.15 bits per heavy atom. The zero-order valence-electron chi connectivity index (χ0n) is 59.3. The predicted molar refractivity (Wildman–Crippen MR) is 386 cm³/mol. The van der Waals surface area contributed by atoms with Crippen molar-refractivity contribution < 1.29 is 4.74 Å². The summed E-state index contributed by atoms with van der Waals surface area (Å²) in [4.78, 5) is 29.6. The molecule has 4 N–H and O–H groups in total. The van der Waals surface area contributed by atoms with Gasteiger partial charge in [0.2, 0.25) is 5.95 Å². The van der Waals surface area contributed by atoms with Crippen molar-refractivity contribution in [1.29, 1.82) is 0 Å². The van der Waals surface area contributed by atoms with Crippen LogP contribution in [-0.2, 0) is 30.9 Å². The van der Waals surface area contributed by atoms with Crippen molar-refractivity contribution in [3.8, 4) is 0 Å². The molecule has 13 nitrogen and oxygen atoms in total. The zero-order chi connectivity index (χ0) is 64.6. The average molecular weight is 1290 g/mol. The number of pyridine rings is 3. The number of ether oxygens (including phenoxy) is 1. The number of hydrogen-bond acceptors (Lipinski definition) is 13.